The van der Waals surface area contributed by atoms with E-state index in [0.717, 1.165) is 0 Å². The SMILES string of the molecule is Cc1c(Cl)nc(NS(=O)(=O)c2ccccc2)nc1Cl. The molecule has 1 N–H and O–H groups in total. The summed E-state index contributed by atoms with van der Waals surface area (Å²) in [5.41, 5.74) is 0.492. The van der Waals surface area contributed by atoms with Gasteiger partial charge in [-0.15, -0.1) is 0 Å². The van der Waals surface area contributed by atoms with Crippen molar-refractivity contribution in [2.24, 2.45) is 0 Å². The topological polar surface area (TPSA) is 72.0 Å². The maximum atomic E-state index is 12.0. The number of hydrogen-bond donors (Lipinski definition) is 1. The van der Waals surface area contributed by atoms with Crippen molar-refractivity contribution in [3.63, 3.8) is 0 Å². The van der Waals surface area contributed by atoms with Gasteiger partial charge in [-0.25, -0.2) is 13.1 Å². The van der Waals surface area contributed by atoms with Gasteiger partial charge in [-0.3, -0.25) is 0 Å². The summed E-state index contributed by atoms with van der Waals surface area (Å²) < 4.78 is 26.3. The molecule has 0 bridgehead atoms. The summed E-state index contributed by atoms with van der Waals surface area (Å²) in [6.45, 7) is 1.64. The molecular formula is C11H9Cl2N3O2S. The molecule has 2 rings (SSSR count). The minimum Gasteiger partial charge on any atom is -0.247 e. The Bertz CT molecular complexity index is 682. The van der Waals surface area contributed by atoms with E-state index in [4.69, 9.17) is 23.2 Å². The number of benzene rings is 1. The Kier molecular flexibility index (Phi) is 3.93. The molecular weight excluding hydrogens is 309 g/mol. The second-order valence-corrected chi connectivity index (χ2v) is 6.07. The van der Waals surface area contributed by atoms with Crippen LogP contribution in [0.15, 0.2) is 35.2 Å². The zero-order chi connectivity index (χ0) is 14.0. The van der Waals surface area contributed by atoms with Crippen LogP contribution < -0.4 is 4.72 Å². The summed E-state index contributed by atoms with van der Waals surface area (Å²) >= 11 is 11.6. The quantitative estimate of drug-likeness (QED) is 0.883. The van der Waals surface area contributed by atoms with Gasteiger partial charge in [-0.1, -0.05) is 41.4 Å². The highest BCUT2D eigenvalue weighted by atomic mass is 35.5. The summed E-state index contributed by atoms with van der Waals surface area (Å²) in [6, 6.07) is 7.86. The first-order valence-electron chi connectivity index (χ1n) is 5.17. The first-order valence-corrected chi connectivity index (χ1v) is 7.41. The Morgan fingerprint density at radius 2 is 1.58 bits per heavy atom. The van der Waals surface area contributed by atoms with Gasteiger partial charge in [0.2, 0.25) is 5.95 Å². The van der Waals surface area contributed by atoms with Crippen LogP contribution in [0.4, 0.5) is 5.95 Å². The number of nitrogens with one attached hydrogen (secondary N) is 1. The molecule has 19 heavy (non-hydrogen) atoms. The van der Waals surface area contributed by atoms with E-state index in [0.29, 0.717) is 5.56 Å². The molecule has 0 atom stereocenters. The van der Waals surface area contributed by atoms with E-state index < -0.39 is 10.0 Å². The molecule has 1 aromatic carbocycles. The third-order valence-corrected chi connectivity index (χ3v) is 4.39. The molecule has 0 aliphatic carbocycles. The maximum absolute atomic E-state index is 12.0. The second kappa shape index (κ2) is 5.32. The number of anilines is 1. The normalized spacial score (nSPS) is 11.3. The number of rotatable bonds is 3. The number of sulfonamides is 1. The molecule has 0 fully saturated rings. The van der Waals surface area contributed by atoms with E-state index in [1.54, 1.807) is 25.1 Å². The van der Waals surface area contributed by atoms with Crippen molar-refractivity contribution in [3.8, 4) is 0 Å². The van der Waals surface area contributed by atoms with Gasteiger partial charge in [0.25, 0.3) is 10.0 Å². The third kappa shape index (κ3) is 3.15. The lowest BCUT2D eigenvalue weighted by Crippen LogP contribution is -2.15. The molecule has 0 saturated carbocycles. The fourth-order valence-corrected chi connectivity index (χ4v) is 2.64. The molecule has 0 aliphatic rings. The zero-order valence-electron chi connectivity index (χ0n) is 9.76. The van der Waals surface area contributed by atoms with Crippen molar-refractivity contribution in [2.75, 3.05) is 4.72 Å². The van der Waals surface area contributed by atoms with Crippen LogP contribution in [0, 0.1) is 6.92 Å². The van der Waals surface area contributed by atoms with Crippen molar-refractivity contribution in [1.29, 1.82) is 0 Å². The van der Waals surface area contributed by atoms with Gasteiger partial charge in [-0.2, -0.15) is 9.97 Å². The van der Waals surface area contributed by atoms with Crippen LogP contribution in [0.1, 0.15) is 5.56 Å². The van der Waals surface area contributed by atoms with Crippen LogP contribution in [-0.4, -0.2) is 18.4 Å². The lowest BCUT2D eigenvalue weighted by atomic mass is 10.4. The smallest absolute Gasteiger partial charge is 0.247 e. The molecule has 8 heteroatoms. The molecule has 5 nitrogen and oxygen atoms in total. The molecule has 2 aromatic rings. The predicted octanol–water partition coefficient (Wildman–Crippen LogP) is 2.89. The van der Waals surface area contributed by atoms with Gasteiger partial charge in [0.05, 0.1) is 4.90 Å². The Hall–Kier alpha value is -1.37. The van der Waals surface area contributed by atoms with Crippen molar-refractivity contribution >= 4 is 39.2 Å². The van der Waals surface area contributed by atoms with Crippen LogP contribution in [0.2, 0.25) is 10.3 Å². The van der Waals surface area contributed by atoms with Crippen LogP contribution in [0.3, 0.4) is 0 Å². The van der Waals surface area contributed by atoms with Crippen molar-refractivity contribution < 1.29 is 8.42 Å². The van der Waals surface area contributed by atoms with Crippen LogP contribution >= 0.6 is 23.2 Å². The fraction of sp³-hybridized carbons (Fsp3) is 0.0909. The summed E-state index contributed by atoms with van der Waals surface area (Å²) in [5.74, 6) is -0.163. The largest absolute Gasteiger partial charge is 0.264 e. The molecule has 0 saturated heterocycles. The average Bonchev–Trinajstić information content (AvgIpc) is 2.36. The lowest BCUT2D eigenvalue weighted by Gasteiger charge is -2.08. The number of halogens is 2. The summed E-state index contributed by atoms with van der Waals surface area (Å²) in [7, 11) is -3.75. The molecule has 0 spiro atoms. The molecule has 1 heterocycles. The van der Waals surface area contributed by atoms with E-state index in [2.05, 4.69) is 14.7 Å². The molecule has 0 radical (unpaired) electrons. The van der Waals surface area contributed by atoms with Crippen molar-refractivity contribution in [3.05, 3.63) is 46.2 Å². The summed E-state index contributed by atoms with van der Waals surface area (Å²) in [4.78, 5) is 7.75. The third-order valence-electron chi connectivity index (χ3n) is 2.31. The average molecular weight is 318 g/mol. The second-order valence-electron chi connectivity index (χ2n) is 3.67. The predicted molar refractivity (Wildman–Crippen MR) is 74.0 cm³/mol. The number of nitrogens with zero attached hydrogens (tertiary/aromatic N) is 2. The van der Waals surface area contributed by atoms with Gasteiger partial charge < -0.3 is 0 Å². The van der Waals surface area contributed by atoms with Crippen LogP contribution in [0.5, 0.6) is 0 Å². The summed E-state index contributed by atoms with van der Waals surface area (Å²) in [5, 5.41) is 0.205. The standard InChI is InChI=1S/C11H9Cl2N3O2S/c1-7-9(12)14-11(15-10(7)13)16-19(17,18)8-5-3-2-4-6-8/h2-6H,1H3,(H,14,15,16). The highest BCUT2D eigenvalue weighted by Gasteiger charge is 2.16. The summed E-state index contributed by atoms with van der Waals surface area (Å²) in [6.07, 6.45) is 0. The molecule has 0 aliphatic heterocycles. The van der Waals surface area contributed by atoms with Crippen molar-refractivity contribution in [2.45, 2.75) is 11.8 Å². The minimum atomic E-state index is -3.75. The first kappa shape index (κ1) is 14.0. The van der Waals surface area contributed by atoms with E-state index in [9.17, 15) is 8.42 Å². The maximum Gasteiger partial charge on any atom is 0.264 e. The first-order chi connectivity index (χ1) is 8.90. The molecule has 0 unspecified atom stereocenters. The van der Waals surface area contributed by atoms with E-state index >= 15 is 0 Å². The number of hydrogen-bond acceptors (Lipinski definition) is 4. The highest BCUT2D eigenvalue weighted by molar-refractivity contribution is 7.92. The van der Waals surface area contributed by atoms with Crippen LogP contribution in [0.25, 0.3) is 0 Å². The highest BCUT2D eigenvalue weighted by Crippen LogP contribution is 2.22. The van der Waals surface area contributed by atoms with Gasteiger partial charge in [0, 0.05) is 5.56 Å². The van der Waals surface area contributed by atoms with Gasteiger partial charge in [0.15, 0.2) is 0 Å². The Balaban J connectivity index is 2.37. The van der Waals surface area contributed by atoms with Gasteiger partial charge >= 0.3 is 0 Å². The lowest BCUT2D eigenvalue weighted by molar-refractivity contribution is 0.601. The van der Waals surface area contributed by atoms with E-state index in [-0.39, 0.29) is 21.2 Å². The molecule has 0 amide bonds. The number of aromatic nitrogens is 2. The van der Waals surface area contributed by atoms with Gasteiger partial charge in [-0.05, 0) is 19.1 Å². The molecule has 100 valence electrons. The fourth-order valence-electron chi connectivity index (χ4n) is 1.29. The Labute approximate surface area is 120 Å². The van der Waals surface area contributed by atoms with Crippen molar-refractivity contribution in [1.82, 2.24) is 9.97 Å². The Morgan fingerprint density at radius 3 is 2.11 bits per heavy atom. The van der Waals surface area contributed by atoms with Gasteiger partial charge in [0.1, 0.15) is 10.3 Å². The molecule has 1 aromatic heterocycles. The van der Waals surface area contributed by atoms with E-state index in [1.807, 2.05) is 0 Å². The zero-order valence-corrected chi connectivity index (χ0v) is 12.1. The van der Waals surface area contributed by atoms with E-state index in [1.165, 1.54) is 12.1 Å². The minimum absolute atomic E-state index is 0.103. The Morgan fingerprint density at radius 1 is 1.05 bits per heavy atom. The van der Waals surface area contributed by atoms with Crippen LogP contribution in [-0.2, 0) is 10.0 Å². The monoisotopic (exact) mass is 317 g/mol.